The highest BCUT2D eigenvalue weighted by Gasteiger charge is 2.09. The first-order valence-electron chi connectivity index (χ1n) is 6.61. The summed E-state index contributed by atoms with van der Waals surface area (Å²) in [5, 5.41) is 12.4. The van der Waals surface area contributed by atoms with Gasteiger partial charge in [0.1, 0.15) is 0 Å². The fraction of sp³-hybridized carbons (Fsp3) is 0.235. The Hall–Kier alpha value is -2.29. The highest BCUT2D eigenvalue weighted by molar-refractivity contribution is 5.91. The molecule has 0 unspecified atom stereocenters. The molecule has 3 heteroatoms. The highest BCUT2D eigenvalue weighted by atomic mass is 16.4. The van der Waals surface area contributed by atoms with E-state index in [2.05, 4.69) is 37.4 Å². The van der Waals surface area contributed by atoms with Crippen molar-refractivity contribution >= 4 is 11.7 Å². The standard InChI is InChI=1S/C17H19NO2/c1-11-7-12(2)9-14(8-11)10-18-16-6-4-5-15(13(16)3)17(19)20/h4-9,18H,10H2,1-3H3,(H,19,20). The zero-order valence-electron chi connectivity index (χ0n) is 12.0. The minimum Gasteiger partial charge on any atom is -0.478 e. The Morgan fingerprint density at radius 3 is 2.35 bits per heavy atom. The quantitative estimate of drug-likeness (QED) is 0.884. The zero-order valence-corrected chi connectivity index (χ0v) is 12.0. The van der Waals surface area contributed by atoms with E-state index in [9.17, 15) is 4.79 Å². The number of rotatable bonds is 4. The number of carboxylic acids is 1. The second-order valence-corrected chi connectivity index (χ2v) is 5.13. The van der Waals surface area contributed by atoms with Gasteiger partial charge in [-0.15, -0.1) is 0 Å². The van der Waals surface area contributed by atoms with Crippen molar-refractivity contribution in [3.8, 4) is 0 Å². The predicted molar refractivity (Wildman–Crippen MR) is 81.4 cm³/mol. The van der Waals surface area contributed by atoms with Gasteiger partial charge >= 0.3 is 5.97 Å². The van der Waals surface area contributed by atoms with Crippen LogP contribution in [0.2, 0.25) is 0 Å². The van der Waals surface area contributed by atoms with Gasteiger partial charge < -0.3 is 10.4 Å². The van der Waals surface area contributed by atoms with Gasteiger partial charge in [-0.3, -0.25) is 0 Å². The Bertz CT molecular complexity index is 627. The molecule has 20 heavy (non-hydrogen) atoms. The van der Waals surface area contributed by atoms with E-state index in [1.165, 1.54) is 16.7 Å². The van der Waals surface area contributed by atoms with Crippen LogP contribution in [0.5, 0.6) is 0 Å². The minimum atomic E-state index is -0.891. The SMILES string of the molecule is Cc1cc(C)cc(CNc2cccc(C(=O)O)c2C)c1. The smallest absolute Gasteiger partial charge is 0.336 e. The van der Waals surface area contributed by atoms with Gasteiger partial charge in [-0.1, -0.05) is 35.4 Å². The van der Waals surface area contributed by atoms with Crippen molar-refractivity contribution in [2.24, 2.45) is 0 Å². The van der Waals surface area contributed by atoms with E-state index >= 15 is 0 Å². The average Bonchev–Trinajstić information content (AvgIpc) is 2.36. The van der Waals surface area contributed by atoms with E-state index in [0.29, 0.717) is 12.1 Å². The maximum Gasteiger partial charge on any atom is 0.336 e. The predicted octanol–water partition coefficient (Wildman–Crippen LogP) is 3.92. The maximum absolute atomic E-state index is 11.1. The summed E-state index contributed by atoms with van der Waals surface area (Å²) < 4.78 is 0. The lowest BCUT2D eigenvalue weighted by Crippen LogP contribution is -2.06. The van der Waals surface area contributed by atoms with Crippen LogP contribution in [0.3, 0.4) is 0 Å². The van der Waals surface area contributed by atoms with Crippen LogP contribution >= 0.6 is 0 Å². The normalized spacial score (nSPS) is 10.3. The van der Waals surface area contributed by atoms with Crippen LogP contribution in [-0.2, 0) is 6.54 Å². The number of hydrogen-bond donors (Lipinski definition) is 2. The summed E-state index contributed by atoms with van der Waals surface area (Å²) in [5.74, 6) is -0.891. The minimum absolute atomic E-state index is 0.343. The Labute approximate surface area is 119 Å². The number of carboxylic acid groups (broad SMARTS) is 1. The Morgan fingerprint density at radius 1 is 1.10 bits per heavy atom. The summed E-state index contributed by atoms with van der Waals surface area (Å²) >= 11 is 0. The molecule has 0 atom stereocenters. The van der Waals surface area contributed by atoms with Gasteiger partial charge in [0.25, 0.3) is 0 Å². The molecule has 0 aliphatic carbocycles. The number of hydrogen-bond acceptors (Lipinski definition) is 2. The molecule has 0 amide bonds. The van der Waals surface area contributed by atoms with Crippen LogP contribution in [0.4, 0.5) is 5.69 Å². The molecule has 0 saturated carbocycles. The summed E-state index contributed by atoms with van der Waals surface area (Å²) in [5.41, 5.74) is 5.64. The molecule has 0 saturated heterocycles. The van der Waals surface area contributed by atoms with Crippen LogP contribution in [-0.4, -0.2) is 11.1 Å². The van der Waals surface area contributed by atoms with Gasteiger partial charge in [0.05, 0.1) is 5.56 Å². The molecule has 0 spiro atoms. The molecule has 0 heterocycles. The lowest BCUT2D eigenvalue weighted by molar-refractivity contribution is 0.0696. The van der Waals surface area contributed by atoms with Crippen molar-refractivity contribution < 1.29 is 9.90 Å². The number of anilines is 1. The Balaban J connectivity index is 2.19. The Morgan fingerprint density at radius 2 is 1.75 bits per heavy atom. The van der Waals surface area contributed by atoms with E-state index in [1.807, 2.05) is 13.0 Å². The molecule has 0 bridgehead atoms. The van der Waals surface area contributed by atoms with Crippen LogP contribution in [0, 0.1) is 20.8 Å². The van der Waals surface area contributed by atoms with Crippen molar-refractivity contribution in [1.29, 1.82) is 0 Å². The second-order valence-electron chi connectivity index (χ2n) is 5.13. The van der Waals surface area contributed by atoms with Crippen molar-refractivity contribution in [2.75, 3.05) is 5.32 Å². The van der Waals surface area contributed by atoms with Crippen molar-refractivity contribution in [3.63, 3.8) is 0 Å². The van der Waals surface area contributed by atoms with Gasteiger partial charge in [-0.2, -0.15) is 0 Å². The molecule has 0 radical (unpaired) electrons. The number of nitrogens with one attached hydrogen (secondary N) is 1. The highest BCUT2D eigenvalue weighted by Crippen LogP contribution is 2.20. The third-order valence-corrected chi connectivity index (χ3v) is 3.33. The van der Waals surface area contributed by atoms with Gasteiger partial charge in [0.15, 0.2) is 0 Å². The number of benzene rings is 2. The number of carbonyl (C=O) groups is 1. The first-order chi connectivity index (χ1) is 9.47. The van der Waals surface area contributed by atoms with Crippen molar-refractivity contribution in [1.82, 2.24) is 0 Å². The molecule has 0 aliphatic rings. The van der Waals surface area contributed by atoms with Crippen LogP contribution < -0.4 is 5.32 Å². The maximum atomic E-state index is 11.1. The third-order valence-electron chi connectivity index (χ3n) is 3.33. The number of aromatic carboxylic acids is 1. The van der Waals surface area contributed by atoms with E-state index in [0.717, 1.165) is 11.3 Å². The third kappa shape index (κ3) is 3.18. The van der Waals surface area contributed by atoms with Gasteiger partial charge in [-0.05, 0) is 44.0 Å². The molecule has 3 nitrogen and oxygen atoms in total. The monoisotopic (exact) mass is 269 g/mol. The molecule has 104 valence electrons. The summed E-state index contributed by atoms with van der Waals surface area (Å²) in [6.07, 6.45) is 0. The molecular formula is C17H19NO2. The van der Waals surface area contributed by atoms with Crippen LogP contribution in [0.25, 0.3) is 0 Å². The first-order valence-corrected chi connectivity index (χ1v) is 6.61. The largest absolute Gasteiger partial charge is 0.478 e. The molecular weight excluding hydrogens is 250 g/mol. The molecule has 2 rings (SSSR count). The van der Waals surface area contributed by atoms with Crippen LogP contribution in [0.15, 0.2) is 36.4 Å². The van der Waals surface area contributed by atoms with Gasteiger partial charge in [0, 0.05) is 12.2 Å². The first kappa shape index (κ1) is 14.1. The molecule has 0 fully saturated rings. The van der Waals surface area contributed by atoms with Crippen molar-refractivity contribution in [3.05, 3.63) is 64.2 Å². The van der Waals surface area contributed by atoms with Crippen LogP contribution in [0.1, 0.15) is 32.6 Å². The fourth-order valence-corrected chi connectivity index (χ4v) is 2.43. The molecule has 2 N–H and O–H groups in total. The fourth-order valence-electron chi connectivity index (χ4n) is 2.43. The second kappa shape index (κ2) is 5.78. The molecule has 2 aromatic carbocycles. The van der Waals surface area contributed by atoms with Crippen molar-refractivity contribution in [2.45, 2.75) is 27.3 Å². The van der Waals surface area contributed by atoms with E-state index in [4.69, 9.17) is 5.11 Å². The summed E-state index contributed by atoms with van der Waals surface area (Å²) in [6.45, 7) is 6.67. The van der Waals surface area contributed by atoms with E-state index in [1.54, 1.807) is 12.1 Å². The lowest BCUT2D eigenvalue weighted by atomic mass is 10.1. The lowest BCUT2D eigenvalue weighted by Gasteiger charge is -2.12. The van der Waals surface area contributed by atoms with Gasteiger partial charge in [-0.25, -0.2) is 4.79 Å². The molecule has 0 aliphatic heterocycles. The Kier molecular flexibility index (Phi) is 4.08. The summed E-state index contributed by atoms with van der Waals surface area (Å²) in [4.78, 5) is 11.1. The van der Waals surface area contributed by atoms with E-state index in [-0.39, 0.29) is 0 Å². The summed E-state index contributed by atoms with van der Waals surface area (Å²) in [7, 11) is 0. The molecule has 2 aromatic rings. The van der Waals surface area contributed by atoms with Gasteiger partial charge in [0.2, 0.25) is 0 Å². The van der Waals surface area contributed by atoms with E-state index < -0.39 is 5.97 Å². The summed E-state index contributed by atoms with van der Waals surface area (Å²) in [6, 6.07) is 11.7. The average molecular weight is 269 g/mol. The topological polar surface area (TPSA) is 49.3 Å². The molecule has 0 aromatic heterocycles. The number of aryl methyl sites for hydroxylation is 2. The zero-order chi connectivity index (χ0) is 14.7.